The average molecular weight is 306 g/mol. The zero-order valence-corrected chi connectivity index (χ0v) is 13.8. The normalized spacial score (nSPS) is 23.9. The molecule has 2 nitrogen and oxygen atoms in total. The van der Waals surface area contributed by atoms with Crippen molar-refractivity contribution in [2.75, 3.05) is 0 Å². The fraction of sp³-hybridized carbons (Fsp3) is 0.286. The monoisotopic (exact) mass is 306 g/mol. The highest BCUT2D eigenvalue weighted by molar-refractivity contribution is 5.79. The molecule has 0 bridgehead atoms. The van der Waals surface area contributed by atoms with Crippen molar-refractivity contribution in [2.45, 2.75) is 32.8 Å². The molecule has 0 saturated carbocycles. The molecule has 3 atom stereocenters. The topological polar surface area (TPSA) is 26.3 Å². The Kier molecular flexibility index (Phi) is 4.33. The second-order valence-corrected chi connectivity index (χ2v) is 6.24. The predicted molar refractivity (Wildman–Crippen MR) is 92.9 cm³/mol. The fourth-order valence-electron chi connectivity index (χ4n) is 3.76. The molecule has 0 saturated heterocycles. The second kappa shape index (κ2) is 6.41. The maximum Gasteiger partial charge on any atom is 0.303 e. The third-order valence-electron chi connectivity index (χ3n) is 4.70. The first-order valence-corrected chi connectivity index (χ1v) is 8.08. The molecule has 23 heavy (non-hydrogen) atoms. The van der Waals surface area contributed by atoms with Crippen LogP contribution in [0.25, 0.3) is 5.57 Å². The lowest BCUT2D eigenvalue weighted by molar-refractivity contribution is -0.146. The molecule has 0 radical (unpaired) electrons. The molecule has 0 N–H and O–H groups in total. The van der Waals surface area contributed by atoms with Crippen LogP contribution in [0.2, 0.25) is 0 Å². The van der Waals surface area contributed by atoms with Gasteiger partial charge in [0.05, 0.1) is 0 Å². The summed E-state index contributed by atoms with van der Waals surface area (Å²) in [6, 6.07) is 20.9. The number of allylic oxidation sites excluding steroid dienone is 1. The van der Waals surface area contributed by atoms with Crippen LogP contribution in [0.3, 0.4) is 0 Å². The number of carbonyl (C=O) groups excluding carboxylic acids is 1. The van der Waals surface area contributed by atoms with Gasteiger partial charge in [-0.05, 0) is 29.2 Å². The van der Waals surface area contributed by atoms with Gasteiger partial charge in [0.25, 0.3) is 0 Å². The number of carbonyl (C=O) groups is 1. The van der Waals surface area contributed by atoms with Gasteiger partial charge in [0, 0.05) is 18.8 Å². The molecule has 2 aromatic rings. The Balaban J connectivity index is 2.11. The molecule has 1 aliphatic carbocycles. The Morgan fingerprint density at radius 3 is 2.09 bits per heavy atom. The van der Waals surface area contributed by atoms with Crippen LogP contribution in [-0.2, 0) is 9.53 Å². The van der Waals surface area contributed by atoms with Gasteiger partial charge in [-0.2, -0.15) is 0 Å². The van der Waals surface area contributed by atoms with Crippen molar-refractivity contribution in [3.63, 3.8) is 0 Å². The van der Waals surface area contributed by atoms with Crippen molar-refractivity contribution in [3.8, 4) is 0 Å². The van der Waals surface area contributed by atoms with Crippen molar-refractivity contribution < 1.29 is 9.53 Å². The minimum Gasteiger partial charge on any atom is -0.458 e. The van der Waals surface area contributed by atoms with E-state index in [1.807, 2.05) is 12.1 Å². The fourth-order valence-corrected chi connectivity index (χ4v) is 3.76. The van der Waals surface area contributed by atoms with E-state index in [9.17, 15) is 4.79 Å². The summed E-state index contributed by atoms with van der Waals surface area (Å²) in [7, 11) is 0. The SMILES string of the molecule is CC(=O)OC1C(C)=C(c2ccccc2)C(c2ccccc2)C1C. The highest BCUT2D eigenvalue weighted by atomic mass is 16.5. The first-order valence-electron chi connectivity index (χ1n) is 8.08. The molecule has 0 aliphatic heterocycles. The molecule has 0 aromatic heterocycles. The largest absolute Gasteiger partial charge is 0.458 e. The van der Waals surface area contributed by atoms with Crippen molar-refractivity contribution in [1.82, 2.24) is 0 Å². The minimum absolute atomic E-state index is 0.159. The van der Waals surface area contributed by atoms with Gasteiger partial charge in [-0.25, -0.2) is 0 Å². The van der Waals surface area contributed by atoms with Gasteiger partial charge in [-0.3, -0.25) is 4.79 Å². The van der Waals surface area contributed by atoms with E-state index in [1.165, 1.54) is 23.6 Å². The van der Waals surface area contributed by atoms with E-state index in [-0.39, 0.29) is 23.9 Å². The highest BCUT2D eigenvalue weighted by Gasteiger charge is 2.41. The number of benzene rings is 2. The third kappa shape index (κ3) is 2.94. The van der Waals surface area contributed by atoms with Crippen LogP contribution in [0.15, 0.2) is 66.2 Å². The van der Waals surface area contributed by atoms with Crippen LogP contribution in [0.5, 0.6) is 0 Å². The Morgan fingerprint density at radius 1 is 0.957 bits per heavy atom. The quantitative estimate of drug-likeness (QED) is 0.760. The summed E-state index contributed by atoms with van der Waals surface area (Å²) in [5, 5.41) is 0. The van der Waals surface area contributed by atoms with E-state index in [0.29, 0.717) is 0 Å². The first-order chi connectivity index (χ1) is 11.1. The second-order valence-electron chi connectivity index (χ2n) is 6.24. The van der Waals surface area contributed by atoms with Crippen LogP contribution in [0.4, 0.5) is 0 Å². The van der Waals surface area contributed by atoms with Crippen LogP contribution in [0.1, 0.15) is 37.8 Å². The van der Waals surface area contributed by atoms with Crippen LogP contribution in [0, 0.1) is 5.92 Å². The highest BCUT2D eigenvalue weighted by Crippen LogP contribution is 2.49. The molecule has 2 aromatic carbocycles. The van der Waals surface area contributed by atoms with Gasteiger partial charge in [-0.15, -0.1) is 0 Å². The molecule has 3 unspecified atom stereocenters. The lowest BCUT2D eigenvalue weighted by Gasteiger charge is -2.24. The summed E-state index contributed by atoms with van der Waals surface area (Å²) in [5.41, 5.74) is 4.93. The molecule has 0 amide bonds. The lowest BCUT2D eigenvalue weighted by atomic mass is 9.82. The first kappa shape index (κ1) is 15.5. The van der Waals surface area contributed by atoms with Gasteiger partial charge in [0.2, 0.25) is 0 Å². The van der Waals surface area contributed by atoms with Gasteiger partial charge in [0.1, 0.15) is 6.10 Å². The van der Waals surface area contributed by atoms with E-state index in [4.69, 9.17) is 4.74 Å². The summed E-state index contributed by atoms with van der Waals surface area (Å²) in [6.07, 6.45) is -0.159. The van der Waals surface area contributed by atoms with Gasteiger partial charge < -0.3 is 4.74 Å². The van der Waals surface area contributed by atoms with E-state index in [2.05, 4.69) is 62.4 Å². The van der Waals surface area contributed by atoms with Crippen molar-refractivity contribution in [2.24, 2.45) is 5.92 Å². The smallest absolute Gasteiger partial charge is 0.303 e. The number of hydrogen-bond donors (Lipinski definition) is 0. The third-order valence-corrected chi connectivity index (χ3v) is 4.70. The maximum atomic E-state index is 11.5. The van der Waals surface area contributed by atoms with Gasteiger partial charge in [-0.1, -0.05) is 67.6 Å². The summed E-state index contributed by atoms with van der Waals surface area (Å²) in [5.74, 6) is 0.238. The molecule has 1 aliphatic rings. The van der Waals surface area contributed by atoms with E-state index >= 15 is 0 Å². The molecule has 0 heterocycles. The van der Waals surface area contributed by atoms with E-state index in [1.54, 1.807) is 0 Å². The van der Waals surface area contributed by atoms with Crippen molar-refractivity contribution in [3.05, 3.63) is 77.4 Å². The maximum absolute atomic E-state index is 11.5. The molecule has 0 spiro atoms. The Hall–Kier alpha value is -2.35. The summed E-state index contributed by atoms with van der Waals surface area (Å²) in [6.45, 7) is 5.75. The number of hydrogen-bond acceptors (Lipinski definition) is 2. The number of ether oxygens (including phenoxy) is 1. The Morgan fingerprint density at radius 2 is 1.52 bits per heavy atom. The molecule has 3 rings (SSSR count). The van der Waals surface area contributed by atoms with Crippen LogP contribution in [-0.4, -0.2) is 12.1 Å². The Bertz CT molecular complexity index is 716. The number of esters is 1. The predicted octanol–water partition coefficient (Wildman–Crippen LogP) is 4.83. The zero-order valence-electron chi connectivity index (χ0n) is 13.8. The van der Waals surface area contributed by atoms with E-state index < -0.39 is 0 Å². The molecule has 118 valence electrons. The standard InChI is InChI=1S/C21H22O2/c1-14-19(17-10-6-4-7-11-17)20(18-12-8-5-9-13-18)15(2)21(14)23-16(3)22/h4-14,19,21H,1-3H3. The number of rotatable bonds is 3. The zero-order chi connectivity index (χ0) is 16.4. The molecule has 0 fully saturated rings. The van der Waals surface area contributed by atoms with Crippen molar-refractivity contribution >= 4 is 11.5 Å². The Labute approximate surface area is 137 Å². The lowest BCUT2D eigenvalue weighted by Crippen LogP contribution is -2.24. The minimum atomic E-state index is -0.220. The molecular weight excluding hydrogens is 284 g/mol. The molecule has 2 heteroatoms. The summed E-state index contributed by atoms with van der Waals surface area (Å²) in [4.78, 5) is 11.5. The van der Waals surface area contributed by atoms with Gasteiger partial charge in [0.15, 0.2) is 0 Å². The van der Waals surface area contributed by atoms with E-state index in [0.717, 1.165) is 5.57 Å². The average Bonchev–Trinajstić information content (AvgIpc) is 2.80. The van der Waals surface area contributed by atoms with Crippen LogP contribution >= 0.6 is 0 Å². The van der Waals surface area contributed by atoms with Gasteiger partial charge >= 0.3 is 5.97 Å². The summed E-state index contributed by atoms with van der Waals surface area (Å²) >= 11 is 0. The molecular formula is C21H22O2. The summed E-state index contributed by atoms with van der Waals surface area (Å²) < 4.78 is 5.64. The van der Waals surface area contributed by atoms with Crippen LogP contribution < -0.4 is 0 Å². The van der Waals surface area contributed by atoms with Crippen molar-refractivity contribution in [1.29, 1.82) is 0 Å².